The highest BCUT2D eigenvalue weighted by molar-refractivity contribution is 4.85. The lowest BCUT2D eigenvalue weighted by molar-refractivity contribution is 0.00288. The third-order valence-corrected chi connectivity index (χ3v) is 3.32. The number of hydrogen-bond donors (Lipinski definition) is 1. The summed E-state index contributed by atoms with van der Waals surface area (Å²) in [6.45, 7) is 6.43. The van der Waals surface area contributed by atoms with E-state index in [0.717, 1.165) is 32.1 Å². The fourth-order valence-electron chi connectivity index (χ4n) is 2.44. The Hall–Kier alpha value is -0.0800. The maximum atomic E-state index is 9.98. The van der Waals surface area contributed by atoms with E-state index in [-0.39, 0.29) is 6.10 Å². The van der Waals surface area contributed by atoms with E-state index in [0.29, 0.717) is 18.1 Å². The van der Waals surface area contributed by atoms with Gasteiger partial charge in [-0.05, 0) is 25.7 Å². The van der Waals surface area contributed by atoms with Gasteiger partial charge in [-0.3, -0.25) is 0 Å². The van der Waals surface area contributed by atoms with E-state index < -0.39 is 0 Å². The summed E-state index contributed by atoms with van der Waals surface area (Å²) in [7, 11) is 0. The van der Waals surface area contributed by atoms with E-state index in [1.807, 2.05) is 0 Å². The summed E-state index contributed by atoms with van der Waals surface area (Å²) in [6.07, 6.45) is 5.66. The first-order valence-corrected chi connectivity index (χ1v) is 6.06. The van der Waals surface area contributed by atoms with Crippen LogP contribution in [0.25, 0.3) is 0 Å². The molecule has 1 heterocycles. The van der Waals surface area contributed by atoms with E-state index in [4.69, 9.17) is 4.74 Å². The normalized spacial score (nSPS) is 34.7. The van der Waals surface area contributed by atoms with Crippen LogP contribution in [0.4, 0.5) is 0 Å². The molecule has 14 heavy (non-hydrogen) atoms. The lowest BCUT2D eigenvalue weighted by Crippen LogP contribution is -2.27. The van der Waals surface area contributed by atoms with Crippen molar-refractivity contribution in [1.29, 1.82) is 0 Å². The topological polar surface area (TPSA) is 29.5 Å². The molecule has 4 atom stereocenters. The van der Waals surface area contributed by atoms with Gasteiger partial charge >= 0.3 is 0 Å². The van der Waals surface area contributed by atoms with E-state index in [1.54, 1.807) is 0 Å². The molecular formula is C12H24O2. The first-order chi connectivity index (χ1) is 6.72. The van der Waals surface area contributed by atoms with Gasteiger partial charge < -0.3 is 9.84 Å². The number of aliphatic hydroxyl groups is 1. The molecule has 1 saturated heterocycles. The fourth-order valence-corrected chi connectivity index (χ4v) is 2.44. The first kappa shape index (κ1) is 12.0. The monoisotopic (exact) mass is 200 g/mol. The summed E-state index contributed by atoms with van der Waals surface area (Å²) < 4.78 is 5.88. The third-order valence-electron chi connectivity index (χ3n) is 3.32. The number of hydrogen-bond acceptors (Lipinski definition) is 2. The Morgan fingerprint density at radius 2 is 2.00 bits per heavy atom. The zero-order valence-electron chi connectivity index (χ0n) is 9.70. The first-order valence-electron chi connectivity index (χ1n) is 6.06. The van der Waals surface area contributed by atoms with Crippen molar-refractivity contribution in [3.63, 3.8) is 0 Å². The second-order valence-electron chi connectivity index (χ2n) is 4.37. The van der Waals surface area contributed by atoms with Crippen molar-refractivity contribution in [3.8, 4) is 0 Å². The van der Waals surface area contributed by atoms with Crippen LogP contribution < -0.4 is 0 Å². The van der Waals surface area contributed by atoms with Crippen molar-refractivity contribution in [1.82, 2.24) is 0 Å². The molecule has 1 aliphatic rings. The van der Waals surface area contributed by atoms with Gasteiger partial charge in [0.15, 0.2) is 0 Å². The van der Waals surface area contributed by atoms with Gasteiger partial charge in [-0.25, -0.2) is 0 Å². The minimum absolute atomic E-state index is 0.151. The SMILES string of the molecule is CCCC(O)C1CC(CC)OC1CC. The molecule has 84 valence electrons. The minimum Gasteiger partial charge on any atom is -0.393 e. The van der Waals surface area contributed by atoms with E-state index in [2.05, 4.69) is 20.8 Å². The number of aliphatic hydroxyl groups excluding tert-OH is 1. The average Bonchev–Trinajstić information content (AvgIpc) is 2.61. The van der Waals surface area contributed by atoms with Crippen molar-refractivity contribution in [3.05, 3.63) is 0 Å². The highest BCUT2D eigenvalue weighted by Gasteiger charge is 2.36. The highest BCUT2D eigenvalue weighted by Crippen LogP contribution is 2.33. The van der Waals surface area contributed by atoms with Gasteiger partial charge in [0.05, 0.1) is 18.3 Å². The Bertz CT molecular complexity index is 158. The maximum absolute atomic E-state index is 9.98. The molecule has 0 spiro atoms. The van der Waals surface area contributed by atoms with E-state index in [1.165, 1.54) is 0 Å². The Kier molecular flexibility index (Phi) is 4.90. The second kappa shape index (κ2) is 5.72. The lowest BCUT2D eigenvalue weighted by atomic mass is 9.89. The molecule has 0 radical (unpaired) electrons. The standard InChI is InChI=1S/C12H24O2/c1-4-7-11(13)10-8-9(5-2)14-12(10)6-3/h9-13H,4-8H2,1-3H3. The molecule has 0 amide bonds. The van der Waals surface area contributed by atoms with Gasteiger partial charge in [0.1, 0.15) is 0 Å². The number of rotatable bonds is 5. The molecule has 2 heteroatoms. The molecule has 0 aromatic carbocycles. The van der Waals surface area contributed by atoms with Crippen LogP contribution in [0.3, 0.4) is 0 Å². The van der Waals surface area contributed by atoms with Crippen LogP contribution in [0, 0.1) is 5.92 Å². The molecule has 2 nitrogen and oxygen atoms in total. The summed E-state index contributed by atoms with van der Waals surface area (Å²) >= 11 is 0. The van der Waals surface area contributed by atoms with Crippen LogP contribution >= 0.6 is 0 Å². The van der Waals surface area contributed by atoms with Gasteiger partial charge in [-0.15, -0.1) is 0 Å². The average molecular weight is 200 g/mol. The molecule has 0 aliphatic carbocycles. The summed E-state index contributed by atoms with van der Waals surface area (Å²) in [5.74, 6) is 0.380. The zero-order valence-corrected chi connectivity index (χ0v) is 9.70. The molecule has 0 bridgehead atoms. The smallest absolute Gasteiger partial charge is 0.0630 e. The Morgan fingerprint density at radius 1 is 1.29 bits per heavy atom. The molecular weight excluding hydrogens is 176 g/mol. The maximum Gasteiger partial charge on any atom is 0.0630 e. The highest BCUT2D eigenvalue weighted by atomic mass is 16.5. The minimum atomic E-state index is -0.151. The summed E-state index contributed by atoms with van der Waals surface area (Å²) in [4.78, 5) is 0. The fraction of sp³-hybridized carbons (Fsp3) is 1.00. The van der Waals surface area contributed by atoms with Crippen LogP contribution in [0.1, 0.15) is 52.9 Å². The lowest BCUT2D eigenvalue weighted by Gasteiger charge is -2.21. The Labute approximate surface area is 87.7 Å². The predicted molar refractivity (Wildman–Crippen MR) is 58.3 cm³/mol. The van der Waals surface area contributed by atoms with Crippen molar-refractivity contribution < 1.29 is 9.84 Å². The summed E-state index contributed by atoms with van der Waals surface area (Å²) in [6, 6.07) is 0. The van der Waals surface area contributed by atoms with Crippen molar-refractivity contribution in [2.75, 3.05) is 0 Å². The molecule has 1 N–H and O–H groups in total. The van der Waals surface area contributed by atoms with Gasteiger partial charge in [-0.1, -0.05) is 27.2 Å². The predicted octanol–water partition coefficient (Wildman–Crippen LogP) is 2.74. The number of ether oxygens (including phenoxy) is 1. The third kappa shape index (κ3) is 2.71. The quantitative estimate of drug-likeness (QED) is 0.739. The molecule has 4 unspecified atom stereocenters. The van der Waals surface area contributed by atoms with Crippen molar-refractivity contribution in [2.45, 2.75) is 71.2 Å². The summed E-state index contributed by atoms with van der Waals surface area (Å²) in [5, 5.41) is 9.98. The molecule has 1 rings (SSSR count). The zero-order chi connectivity index (χ0) is 10.6. The van der Waals surface area contributed by atoms with Crippen LogP contribution in [0.2, 0.25) is 0 Å². The van der Waals surface area contributed by atoms with Crippen LogP contribution in [0.15, 0.2) is 0 Å². The van der Waals surface area contributed by atoms with Crippen molar-refractivity contribution >= 4 is 0 Å². The van der Waals surface area contributed by atoms with Crippen LogP contribution in [-0.2, 0) is 4.74 Å². The van der Waals surface area contributed by atoms with E-state index in [9.17, 15) is 5.11 Å². The largest absolute Gasteiger partial charge is 0.393 e. The summed E-state index contributed by atoms with van der Waals surface area (Å²) in [5.41, 5.74) is 0. The van der Waals surface area contributed by atoms with Gasteiger partial charge in [0.25, 0.3) is 0 Å². The van der Waals surface area contributed by atoms with E-state index >= 15 is 0 Å². The second-order valence-corrected chi connectivity index (χ2v) is 4.37. The molecule has 1 fully saturated rings. The molecule has 0 saturated carbocycles. The van der Waals surface area contributed by atoms with Gasteiger partial charge in [0, 0.05) is 5.92 Å². The van der Waals surface area contributed by atoms with Gasteiger partial charge in [0.2, 0.25) is 0 Å². The molecule has 0 aromatic heterocycles. The Balaban J connectivity index is 2.49. The Morgan fingerprint density at radius 3 is 2.50 bits per heavy atom. The van der Waals surface area contributed by atoms with Crippen LogP contribution in [-0.4, -0.2) is 23.4 Å². The van der Waals surface area contributed by atoms with Gasteiger partial charge in [-0.2, -0.15) is 0 Å². The van der Waals surface area contributed by atoms with Crippen molar-refractivity contribution in [2.24, 2.45) is 5.92 Å². The molecule has 1 aliphatic heterocycles. The molecule has 0 aromatic rings. The van der Waals surface area contributed by atoms with Crippen LogP contribution in [0.5, 0.6) is 0 Å².